The number of amides is 2. The number of nitrogens with zero attached hydrogens (tertiary/aromatic N) is 2. The molecule has 0 atom stereocenters. The quantitative estimate of drug-likeness (QED) is 0.645. The van der Waals surface area contributed by atoms with E-state index in [0.717, 1.165) is 12.1 Å². The average Bonchev–Trinajstić information content (AvgIpc) is 2.96. The number of aromatic nitrogens is 2. The van der Waals surface area contributed by atoms with E-state index >= 15 is 0 Å². The summed E-state index contributed by atoms with van der Waals surface area (Å²) in [6, 6.07) is 9.76. The van der Waals surface area contributed by atoms with E-state index in [1.807, 2.05) is 0 Å². The Morgan fingerprint density at radius 3 is 2.43 bits per heavy atom. The van der Waals surface area contributed by atoms with Crippen LogP contribution in [0.2, 0.25) is 0 Å². The fraction of sp³-hybridized carbons (Fsp3) is 0.190. The van der Waals surface area contributed by atoms with Gasteiger partial charge in [-0.3, -0.25) is 9.59 Å². The van der Waals surface area contributed by atoms with Crippen molar-refractivity contribution in [1.29, 1.82) is 0 Å². The van der Waals surface area contributed by atoms with E-state index in [1.165, 1.54) is 17.9 Å². The van der Waals surface area contributed by atoms with Crippen LogP contribution < -0.4 is 10.6 Å². The number of carbonyl (C=O) groups excluding carboxylic acids is 2. The zero-order chi connectivity index (χ0) is 21.8. The van der Waals surface area contributed by atoms with Gasteiger partial charge in [-0.05, 0) is 44.2 Å². The molecule has 3 rings (SSSR count). The summed E-state index contributed by atoms with van der Waals surface area (Å²) in [6.07, 6.45) is 0. The van der Waals surface area contributed by atoms with Gasteiger partial charge in [-0.2, -0.15) is 5.10 Å². The zero-order valence-electron chi connectivity index (χ0n) is 16.6. The van der Waals surface area contributed by atoms with Crippen molar-refractivity contribution in [3.63, 3.8) is 0 Å². The summed E-state index contributed by atoms with van der Waals surface area (Å²) in [7, 11) is 1.42. The monoisotopic (exact) mass is 414 g/mol. The molecule has 0 saturated heterocycles. The maximum atomic E-state index is 14.2. The van der Waals surface area contributed by atoms with E-state index in [2.05, 4.69) is 15.7 Å². The number of nitrogens with one attached hydrogen (secondary N) is 2. The Balaban J connectivity index is 1.85. The van der Waals surface area contributed by atoms with Crippen molar-refractivity contribution in [3.8, 4) is 5.69 Å². The van der Waals surface area contributed by atoms with Gasteiger partial charge in [0.25, 0.3) is 5.91 Å². The summed E-state index contributed by atoms with van der Waals surface area (Å²) >= 11 is 0. The Kier molecular flexibility index (Phi) is 6.22. The van der Waals surface area contributed by atoms with Crippen LogP contribution in [0.25, 0.3) is 5.69 Å². The van der Waals surface area contributed by atoms with Crippen LogP contribution in [0.4, 0.5) is 20.2 Å². The Labute approximate surface area is 171 Å². The largest absolute Gasteiger partial charge is 0.375 e. The van der Waals surface area contributed by atoms with Crippen LogP contribution in [0.5, 0.6) is 0 Å². The van der Waals surface area contributed by atoms with Crippen LogP contribution >= 0.6 is 0 Å². The van der Waals surface area contributed by atoms with E-state index in [9.17, 15) is 18.4 Å². The number of carbonyl (C=O) groups is 2. The second-order valence-corrected chi connectivity index (χ2v) is 6.57. The van der Waals surface area contributed by atoms with Crippen molar-refractivity contribution >= 4 is 23.2 Å². The van der Waals surface area contributed by atoms with Crippen molar-refractivity contribution in [1.82, 2.24) is 9.78 Å². The van der Waals surface area contributed by atoms with Crippen LogP contribution in [-0.4, -0.2) is 35.3 Å². The third-order valence-electron chi connectivity index (χ3n) is 4.34. The molecular formula is C21H20F2N4O3. The molecule has 0 unspecified atom stereocenters. The lowest BCUT2D eigenvalue weighted by molar-refractivity contribution is -0.119. The molecule has 7 nitrogen and oxygen atoms in total. The highest BCUT2D eigenvalue weighted by atomic mass is 19.1. The topological polar surface area (TPSA) is 85.2 Å². The van der Waals surface area contributed by atoms with Crippen molar-refractivity contribution in [2.45, 2.75) is 13.8 Å². The lowest BCUT2D eigenvalue weighted by atomic mass is 10.1. The molecule has 0 spiro atoms. The molecule has 0 saturated carbocycles. The van der Waals surface area contributed by atoms with E-state index in [-0.39, 0.29) is 23.8 Å². The van der Waals surface area contributed by atoms with Crippen LogP contribution in [0, 0.1) is 25.5 Å². The van der Waals surface area contributed by atoms with Crippen LogP contribution in [0.15, 0.2) is 42.5 Å². The number of benzene rings is 2. The average molecular weight is 414 g/mol. The fourth-order valence-electron chi connectivity index (χ4n) is 3.06. The van der Waals surface area contributed by atoms with Gasteiger partial charge in [0.15, 0.2) is 5.82 Å². The van der Waals surface area contributed by atoms with Crippen LogP contribution in [-0.2, 0) is 9.53 Å². The molecule has 0 radical (unpaired) electrons. The molecule has 1 heterocycles. The molecule has 0 bridgehead atoms. The summed E-state index contributed by atoms with van der Waals surface area (Å²) < 4.78 is 33.4. The van der Waals surface area contributed by atoms with E-state index < -0.39 is 17.5 Å². The predicted octanol–water partition coefficient (Wildman–Crippen LogP) is 3.60. The highest BCUT2D eigenvalue weighted by Gasteiger charge is 2.21. The molecule has 0 aliphatic rings. The highest BCUT2D eigenvalue weighted by molar-refractivity contribution is 6.06. The molecule has 2 aromatic carbocycles. The Bertz CT molecular complexity index is 1110. The van der Waals surface area contributed by atoms with Gasteiger partial charge in [0.2, 0.25) is 5.91 Å². The third-order valence-corrected chi connectivity index (χ3v) is 4.34. The van der Waals surface area contributed by atoms with Gasteiger partial charge in [-0.25, -0.2) is 13.5 Å². The number of methoxy groups -OCH3 is 1. The first kappa shape index (κ1) is 21.1. The molecule has 1 aromatic heterocycles. The van der Waals surface area contributed by atoms with E-state index in [0.29, 0.717) is 22.8 Å². The van der Waals surface area contributed by atoms with Gasteiger partial charge < -0.3 is 15.4 Å². The summed E-state index contributed by atoms with van der Waals surface area (Å²) in [4.78, 5) is 24.5. The van der Waals surface area contributed by atoms with Crippen molar-refractivity contribution < 1.29 is 23.1 Å². The van der Waals surface area contributed by atoms with Crippen LogP contribution in [0.3, 0.4) is 0 Å². The lowest BCUT2D eigenvalue weighted by Gasteiger charge is -2.09. The van der Waals surface area contributed by atoms with Gasteiger partial charge in [0.05, 0.1) is 17.0 Å². The summed E-state index contributed by atoms with van der Waals surface area (Å²) in [5, 5.41) is 9.63. The summed E-state index contributed by atoms with van der Waals surface area (Å²) in [5.74, 6) is -2.25. The Morgan fingerprint density at radius 1 is 1.07 bits per heavy atom. The van der Waals surface area contributed by atoms with Crippen LogP contribution in [0.1, 0.15) is 21.7 Å². The van der Waals surface area contributed by atoms with E-state index in [1.54, 1.807) is 38.1 Å². The molecule has 0 aliphatic heterocycles. The molecule has 156 valence electrons. The fourth-order valence-corrected chi connectivity index (χ4v) is 3.06. The molecule has 2 N–H and O–H groups in total. The highest BCUT2D eigenvalue weighted by Crippen LogP contribution is 2.23. The first-order valence-electron chi connectivity index (χ1n) is 9.02. The molecule has 3 aromatic rings. The first-order chi connectivity index (χ1) is 14.3. The normalized spacial score (nSPS) is 10.7. The van der Waals surface area contributed by atoms with Gasteiger partial charge in [-0.1, -0.05) is 6.07 Å². The van der Waals surface area contributed by atoms with Crippen molar-refractivity contribution in [3.05, 3.63) is 71.1 Å². The van der Waals surface area contributed by atoms with Gasteiger partial charge in [0, 0.05) is 24.6 Å². The van der Waals surface area contributed by atoms with Gasteiger partial charge in [-0.15, -0.1) is 0 Å². The minimum atomic E-state index is -0.785. The minimum absolute atomic E-state index is 0.0407. The summed E-state index contributed by atoms with van der Waals surface area (Å²) in [6.45, 7) is 3.16. The number of halogens is 2. The Morgan fingerprint density at radius 2 is 1.77 bits per heavy atom. The van der Waals surface area contributed by atoms with Gasteiger partial charge >= 0.3 is 0 Å². The maximum absolute atomic E-state index is 14.2. The molecular weight excluding hydrogens is 394 g/mol. The van der Waals surface area contributed by atoms with Crippen molar-refractivity contribution in [2.75, 3.05) is 24.4 Å². The Hall–Kier alpha value is -3.59. The molecule has 0 fully saturated rings. The number of hydrogen-bond donors (Lipinski definition) is 2. The number of rotatable bonds is 6. The minimum Gasteiger partial charge on any atom is -0.375 e. The molecule has 30 heavy (non-hydrogen) atoms. The first-order valence-corrected chi connectivity index (χ1v) is 9.02. The third kappa shape index (κ3) is 4.52. The molecule has 2 amide bonds. The number of hydrogen-bond acceptors (Lipinski definition) is 4. The standard InChI is InChI=1S/C21H20F2N4O3/c1-12-20(13(2)27(26-12)18-8-7-14(22)9-17(18)23)21(29)25-16-6-4-5-15(10-16)24-19(28)11-30-3/h4-10H,11H2,1-3H3,(H,24,28)(H,25,29). The smallest absolute Gasteiger partial charge is 0.259 e. The number of ether oxygens (including phenoxy) is 1. The zero-order valence-corrected chi connectivity index (χ0v) is 16.6. The second kappa shape index (κ2) is 8.83. The predicted molar refractivity (Wildman–Crippen MR) is 108 cm³/mol. The van der Waals surface area contributed by atoms with E-state index in [4.69, 9.17) is 4.74 Å². The molecule has 0 aliphatic carbocycles. The van der Waals surface area contributed by atoms with Crippen molar-refractivity contribution in [2.24, 2.45) is 0 Å². The maximum Gasteiger partial charge on any atom is 0.259 e. The van der Waals surface area contributed by atoms with Gasteiger partial charge in [0.1, 0.15) is 18.1 Å². The second-order valence-electron chi connectivity index (χ2n) is 6.57. The summed E-state index contributed by atoms with van der Waals surface area (Å²) in [5.41, 5.74) is 2.05. The number of anilines is 2. The lowest BCUT2D eigenvalue weighted by Crippen LogP contribution is -2.18. The number of aryl methyl sites for hydroxylation is 1. The SMILES string of the molecule is COCC(=O)Nc1cccc(NC(=O)c2c(C)nn(-c3ccc(F)cc3F)c2C)c1. The molecule has 9 heteroatoms.